The van der Waals surface area contributed by atoms with Crippen LogP contribution in [0.5, 0.6) is 0 Å². The van der Waals surface area contributed by atoms with Crippen molar-refractivity contribution in [2.75, 3.05) is 13.7 Å². The molecule has 0 aromatic carbocycles. The third-order valence-electron chi connectivity index (χ3n) is 3.06. The summed E-state index contributed by atoms with van der Waals surface area (Å²) in [6, 6.07) is 1.91. The van der Waals surface area contributed by atoms with Crippen LogP contribution in [0.3, 0.4) is 0 Å². The topological polar surface area (TPSA) is 71.2 Å². The molecule has 0 amide bonds. The predicted molar refractivity (Wildman–Crippen MR) is 83.6 cm³/mol. The van der Waals surface area contributed by atoms with Crippen molar-refractivity contribution < 1.29 is 14.3 Å². The van der Waals surface area contributed by atoms with Gasteiger partial charge in [0.2, 0.25) is 0 Å². The van der Waals surface area contributed by atoms with Crippen LogP contribution < -0.4 is 0 Å². The molecule has 0 bridgehead atoms. The van der Waals surface area contributed by atoms with Crippen LogP contribution in [0.15, 0.2) is 29.4 Å². The summed E-state index contributed by atoms with van der Waals surface area (Å²) in [6.45, 7) is 4.69. The molecule has 22 heavy (non-hydrogen) atoms. The highest BCUT2D eigenvalue weighted by Crippen LogP contribution is 2.20. The van der Waals surface area contributed by atoms with E-state index in [9.17, 15) is 4.79 Å². The third kappa shape index (κ3) is 4.17. The van der Waals surface area contributed by atoms with Crippen LogP contribution in [0.2, 0.25) is 0 Å². The van der Waals surface area contributed by atoms with Gasteiger partial charge in [0.1, 0.15) is 24.5 Å². The molecule has 0 unspecified atom stereocenters. The highest BCUT2D eigenvalue weighted by atomic mass is 79.9. The molecule has 0 aliphatic rings. The van der Waals surface area contributed by atoms with E-state index >= 15 is 0 Å². The number of ether oxygens (including phenoxy) is 2. The highest BCUT2D eigenvalue weighted by Gasteiger charge is 2.21. The number of carbonyl (C=O) groups excluding carboxylic acids is 1. The quantitative estimate of drug-likeness (QED) is 0.699. The van der Waals surface area contributed by atoms with Crippen molar-refractivity contribution in [1.82, 2.24) is 19.3 Å². The Morgan fingerprint density at radius 3 is 2.82 bits per heavy atom. The molecule has 8 heteroatoms. The Morgan fingerprint density at radius 1 is 1.45 bits per heavy atom. The lowest BCUT2D eigenvalue weighted by Gasteiger charge is -2.18. The lowest BCUT2D eigenvalue weighted by atomic mass is 10.3. The van der Waals surface area contributed by atoms with Crippen molar-refractivity contribution in [2.45, 2.75) is 32.5 Å². The van der Waals surface area contributed by atoms with E-state index in [1.165, 1.54) is 6.33 Å². The lowest BCUT2D eigenvalue weighted by Crippen LogP contribution is -2.29. The zero-order chi connectivity index (χ0) is 16.1. The van der Waals surface area contributed by atoms with E-state index in [2.05, 4.69) is 26.0 Å². The van der Waals surface area contributed by atoms with Crippen LogP contribution in [0.25, 0.3) is 0 Å². The SMILES string of the molecule is COC[C@H](Cn1cncn1)OC(=O)c1cc(Br)cn1C(C)C. The summed E-state index contributed by atoms with van der Waals surface area (Å²) in [5, 5.41) is 4.01. The van der Waals surface area contributed by atoms with Crippen molar-refractivity contribution in [3.8, 4) is 0 Å². The minimum absolute atomic E-state index is 0.157. The summed E-state index contributed by atoms with van der Waals surface area (Å²) in [7, 11) is 1.57. The molecule has 1 atom stereocenters. The standard InChI is InChI=1S/C14H19BrN4O3/c1-10(2)19-5-11(15)4-13(19)14(20)22-12(7-21-3)6-18-9-16-8-17-18/h4-5,8-10,12H,6-7H2,1-3H3/t12-/m0/s1. The number of methoxy groups -OCH3 is 1. The first-order valence-electron chi connectivity index (χ1n) is 6.91. The van der Waals surface area contributed by atoms with Crippen LogP contribution in [-0.4, -0.2) is 45.1 Å². The molecule has 120 valence electrons. The van der Waals surface area contributed by atoms with Gasteiger partial charge >= 0.3 is 5.97 Å². The molecule has 2 rings (SSSR count). The van der Waals surface area contributed by atoms with Gasteiger partial charge in [-0.3, -0.25) is 0 Å². The van der Waals surface area contributed by atoms with Crippen molar-refractivity contribution >= 4 is 21.9 Å². The number of nitrogens with zero attached hydrogens (tertiary/aromatic N) is 4. The minimum Gasteiger partial charge on any atom is -0.453 e. The van der Waals surface area contributed by atoms with E-state index in [1.54, 1.807) is 24.2 Å². The lowest BCUT2D eigenvalue weighted by molar-refractivity contribution is -0.00193. The normalized spacial score (nSPS) is 12.6. The van der Waals surface area contributed by atoms with E-state index in [-0.39, 0.29) is 18.6 Å². The molecule has 0 radical (unpaired) electrons. The first kappa shape index (κ1) is 16.7. The zero-order valence-corrected chi connectivity index (χ0v) is 14.4. The maximum Gasteiger partial charge on any atom is 0.355 e. The molecule has 0 fully saturated rings. The van der Waals surface area contributed by atoms with E-state index in [0.29, 0.717) is 12.2 Å². The molecule has 7 nitrogen and oxygen atoms in total. The fourth-order valence-corrected chi connectivity index (χ4v) is 2.53. The van der Waals surface area contributed by atoms with Gasteiger partial charge in [-0.25, -0.2) is 14.5 Å². The van der Waals surface area contributed by atoms with Crippen LogP contribution in [0.1, 0.15) is 30.4 Å². The van der Waals surface area contributed by atoms with Crippen molar-refractivity contribution in [1.29, 1.82) is 0 Å². The molecule has 2 aromatic heterocycles. The molecule has 2 aromatic rings. The molecule has 0 N–H and O–H groups in total. The Labute approximate surface area is 137 Å². The third-order valence-corrected chi connectivity index (χ3v) is 3.50. The Balaban J connectivity index is 2.10. The minimum atomic E-state index is -0.437. The fourth-order valence-electron chi connectivity index (χ4n) is 2.09. The second-order valence-corrected chi connectivity index (χ2v) is 6.06. The number of carbonyl (C=O) groups is 1. The van der Waals surface area contributed by atoms with Crippen LogP contribution in [0, 0.1) is 0 Å². The van der Waals surface area contributed by atoms with Gasteiger partial charge in [-0.05, 0) is 35.8 Å². The first-order valence-corrected chi connectivity index (χ1v) is 7.70. The molecular weight excluding hydrogens is 352 g/mol. The first-order chi connectivity index (χ1) is 10.5. The summed E-state index contributed by atoms with van der Waals surface area (Å²) in [6.07, 6.45) is 4.44. The Morgan fingerprint density at radius 2 is 2.23 bits per heavy atom. The smallest absolute Gasteiger partial charge is 0.355 e. The number of halogens is 1. The summed E-state index contributed by atoms with van der Waals surface area (Å²) >= 11 is 3.39. The van der Waals surface area contributed by atoms with E-state index < -0.39 is 6.10 Å². The van der Waals surface area contributed by atoms with Crippen LogP contribution in [-0.2, 0) is 16.0 Å². The average Bonchev–Trinajstić information content (AvgIpc) is 3.08. The maximum absolute atomic E-state index is 12.4. The number of hydrogen-bond donors (Lipinski definition) is 0. The van der Waals surface area contributed by atoms with Crippen LogP contribution >= 0.6 is 15.9 Å². The fraction of sp³-hybridized carbons (Fsp3) is 0.500. The van der Waals surface area contributed by atoms with E-state index in [0.717, 1.165) is 4.47 Å². The largest absolute Gasteiger partial charge is 0.453 e. The maximum atomic E-state index is 12.4. The number of rotatable bonds is 7. The average molecular weight is 371 g/mol. The van der Waals surface area contributed by atoms with Crippen molar-refractivity contribution in [3.63, 3.8) is 0 Å². The van der Waals surface area contributed by atoms with E-state index in [4.69, 9.17) is 9.47 Å². The number of aromatic nitrogens is 4. The van der Waals surface area contributed by atoms with Gasteiger partial charge in [-0.2, -0.15) is 5.10 Å². The van der Waals surface area contributed by atoms with Gasteiger partial charge in [-0.1, -0.05) is 0 Å². The van der Waals surface area contributed by atoms with Crippen molar-refractivity contribution in [2.24, 2.45) is 0 Å². The number of hydrogen-bond acceptors (Lipinski definition) is 5. The molecule has 0 saturated carbocycles. The molecule has 0 spiro atoms. The highest BCUT2D eigenvalue weighted by molar-refractivity contribution is 9.10. The zero-order valence-electron chi connectivity index (χ0n) is 12.8. The monoisotopic (exact) mass is 370 g/mol. The predicted octanol–water partition coefficient (Wildman–Crippen LogP) is 2.29. The Hall–Kier alpha value is -1.67. The molecule has 2 heterocycles. The van der Waals surface area contributed by atoms with Crippen LogP contribution in [0.4, 0.5) is 0 Å². The summed E-state index contributed by atoms with van der Waals surface area (Å²) < 4.78 is 15.0. The van der Waals surface area contributed by atoms with E-state index in [1.807, 2.05) is 24.6 Å². The van der Waals surface area contributed by atoms with Gasteiger partial charge in [-0.15, -0.1) is 0 Å². The van der Waals surface area contributed by atoms with Gasteiger partial charge in [0.25, 0.3) is 0 Å². The summed E-state index contributed by atoms with van der Waals surface area (Å²) in [4.78, 5) is 16.3. The van der Waals surface area contributed by atoms with Gasteiger partial charge in [0.15, 0.2) is 0 Å². The molecule has 0 saturated heterocycles. The molecule has 0 aliphatic carbocycles. The summed E-state index contributed by atoms with van der Waals surface area (Å²) in [5.41, 5.74) is 0.501. The second-order valence-electron chi connectivity index (χ2n) is 5.14. The van der Waals surface area contributed by atoms with Gasteiger partial charge in [0, 0.05) is 23.8 Å². The Bertz CT molecular complexity index is 610. The second kappa shape index (κ2) is 7.55. The Kier molecular flexibility index (Phi) is 5.73. The van der Waals surface area contributed by atoms with Gasteiger partial charge in [0.05, 0.1) is 13.2 Å². The molecule has 0 aliphatic heterocycles. The van der Waals surface area contributed by atoms with Crippen molar-refractivity contribution in [3.05, 3.63) is 35.1 Å². The summed E-state index contributed by atoms with van der Waals surface area (Å²) in [5.74, 6) is -0.387. The molecular formula is C14H19BrN4O3. The number of esters is 1. The van der Waals surface area contributed by atoms with Gasteiger partial charge < -0.3 is 14.0 Å².